The van der Waals surface area contributed by atoms with Gasteiger partial charge in [0.05, 0.1) is 35.6 Å². The van der Waals surface area contributed by atoms with E-state index in [-0.39, 0.29) is 43.4 Å². The van der Waals surface area contributed by atoms with Crippen molar-refractivity contribution in [3.8, 4) is 0 Å². The maximum Gasteiger partial charge on any atom is 0.305 e. The van der Waals surface area contributed by atoms with Gasteiger partial charge in [0.1, 0.15) is 6.04 Å². The van der Waals surface area contributed by atoms with E-state index in [0.717, 1.165) is 36.2 Å². The number of carboxylic acid groups (broad SMARTS) is 1. The Morgan fingerprint density at radius 1 is 1.14 bits per heavy atom. The highest BCUT2D eigenvalue weighted by Gasteiger charge is 2.37. The average molecular weight is 498 g/mol. The van der Waals surface area contributed by atoms with Gasteiger partial charge >= 0.3 is 5.97 Å². The fourth-order valence-electron chi connectivity index (χ4n) is 5.10. The number of hydrogen-bond donors (Lipinski definition) is 2. The van der Waals surface area contributed by atoms with Crippen LogP contribution in [0.25, 0.3) is 0 Å². The van der Waals surface area contributed by atoms with Crippen molar-refractivity contribution in [3.05, 3.63) is 57.7 Å². The molecule has 2 aromatic rings. The van der Waals surface area contributed by atoms with Crippen LogP contribution in [-0.2, 0) is 33.9 Å². The fourth-order valence-corrected chi connectivity index (χ4v) is 5.10. The van der Waals surface area contributed by atoms with Crippen LogP contribution in [0.1, 0.15) is 61.9 Å². The molecule has 4 rings (SSSR count). The molecule has 36 heavy (non-hydrogen) atoms. The molecular weight excluding hydrogens is 466 g/mol. The second-order valence-corrected chi connectivity index (χ2v) is 9.55. The molecule has 11 nitrogen and oxygen atoms in total. The van der Waals surface area contributed by atoms with Crippen molar-refractivity contribution < 1.29 is 24.4 Å². The third-order valence-corrected chi connectivity index (χ3v) is 7.12. The molecule has 0 spiro atoms. The average Bonchev–Trinajstić information content (AvgIpc) is 3.52. The highest BCUT2D eigenvalue weighted by atomic mass is 16.6. The molecule has 1 aliphatic carbocycles. The molecule has 2 N–H and O–H groups in total. The number of carboxylic acids is 1. The number of hydrogen-bond acceptors (Lipinski definition) is 6. The lowest BCUT2D eigenvalue weighted by Gasteiger charge is -2.35. The quantitative estimate of drug-likeness (QED) is 0.379. The van der Waals surface area contributed by atoms with E-state index in [0.29, 0.717) is 18.9 Å². The normalized spacial score (nSPS) is 17.6. The lowest BCUT2D eigenvalue weighted by molar-refractivity contribution is -0.384. The maximum absolute atomic E-state index is 13.3. The number of carbonyl (C=O) groups is 3. The number of rotatable bonds is 10. The molecule has 2 amide bonds. The number of non-ortho nitro benzene ring substituents is 1. The zero-order chi connectivity index (χ0) is 25.7. The minimum atomic E-state index is -1.00. The summed E-state index contributed by atoms with van der Waals surface area (Å²) in [5.74, 6) is -0.921. The highest BCUT2D eigenvalue weighted by molar-refractivity contribution is 5.88. The Morgan fingerprint density at radius 2 is 1.86 bits per heavy atom. The molecular formula is C25H31N5O6. The number of nitrogens with zero attached hydrogens (tertiary/aromatic N) is 4. The standard InChI is InChI=1S/C25H31N5O6/c31-23(10-7-17-3-1-2-4-17)29-15-22-20(13-21(29)25(34)26-12-11-24(32)33)27-16-28(22)14-18-5-8-19(9-6-18)30(35)36/h5-6,8-9,16-17,21H,1-4,7,10-15H2,(H,26,34)(H,32,33). The van der Waals surface area contributed by atoms with Crippen LogP contribution in [0.5, 0.6) is 0 Å². The molecule has 2 heterocycles. The van der Waals surface area contributed by atoms with Crippen LogP contribution in [0.3, 0.4) is 0 Å². The third kappa shape index (κ3) is 6.07. The van der Waals surface area contributed by atoms with E-state index >= 15 is 0 Å². The zero-order valence-corrected chi connectivity index (χ0v) is 20.1. The SMILES string of the molecule is O=C(O)CCNC(=O)C1Cc2ncn(Cc3ccc([N+](=O)[O-])cc3)c2CN1C(=O)CCC1CCCC1. The van der Waals surface area contributed by atoms with Crippen LogP contribution in [0, 0.1) is 16.0 Å². The first-order valence-electron chi connectivity index (χ1n) is 12.4. The molecule has 11 heteroatoms. The Bertz CT molecular complexity index is 1120. The van der Waals surface area contributed by atoms with Crippen molar-refractivity contribution in [2.24, 2.45) is 5.92 Å². The molecule has 1 unspecified atom stereocenters. The number of fused-ring (bicyclic) bond motifs is 1. The van der Waals surface area contributed by atoms with E-state index in [4.69, 9.17) is 5.11 Å². The van der Waals surface area contributed by atoms with E-state index < -0.39 is 16.9 Å². The van der Waals surface area contributed by atoms with Crippen molar-refractivity contribution in [2.45, 2.75) is 70.5 Å². The summed E-state index contributed by atoms with van der Waals surface area (Å²) in [6.45, 7) is 0.652. The summed E-state index contributed by atoms with van der Waals surface area (Å²) in [5.41, 5.74) is 2.42. The molecule has 1 aliphatic heterocycles. The number of benzene rings is 1. The molecule has 1 fully saturated rings. The number of nitro groups is 1. The second kappa shape index (κ2) is 11.3. The summed E-state index contributed by atoms with van der Waals surface area (Å²) in [4.78, 5) is 53.7. The van der Waals surface area contributed by atoms with Crippen molar-refractivity contribution in [2.75, 3.05) is 6.54 Å². The Kier molecular flexibility index (Phi) is 7.97. The summed E-state index contributed by atoms with van der Waals surface area (Å²) < 4.78 is 1.91. The number of imidazole rings is 1. The second-order valence-electron chi connectivity index (χ2n) is 9.55. The number of nitro benzene ring substituents is 1. The summed E-state index contributed by atoms with van der Waals surface area (Å²) in [5, 5.41) is 22.5. The Labute approximate surface area is 208 Å². The molecule has 1 atom stereocenters. The highest BCUT2D eigenvalue weighted by Crippen LogP contribution is 2.30. The van der Waals surface area contributed by atoms with Crippen LogP contribution in [0.15, 0.2) is 30.6 Å². The van der Waals surface area contributed by atoms with Gasteiger partial charge in [0.15, 0.2) is 0 Å². The topological polar surface area (TPSA) is 148 Å². The number of aliphatic carboxylic acids is 1. The maximum atomic E-state index is 13.3. The van der Waals surface area contributed by atoms with E-state index in [2.05, 4.69) is 10.3 Å². The van der Waals surface area contributed by atoms with E-state index in [1.807, 2.05) is 4.57 Å². The van der Waals surface area contributed by atoms with Gasteiger partial charge < -0.3 is 19.9 Å². The fraction of sp³-hybridized carbons (Fsp3) is 0.520. The van der Waals surface area contributed by atoms with Crippen LogP contribution < -0.4 is 5.32 Å². The van der Waals surface area contributed by atoms with Crippen molar-refractivity contribution in [3.63, 3.8) is 0 Å². The Balaban J connectivity index is 1.51. The molecule has 2 aliphatic rings. The first-order valence-corrected chi connectivity index (χ1v) is 12.4. The van der Waals surface area contributed by atoms with Gasteiger partial charge in [-0.25, -0.2) is 4.98 Å². The minimum absolute atomic E-state index is 0.00376. The lowest BCUT2D eigenvalue weighted by Crippen LogP contribution is -2.53. The minimum Gasteiger partial charge on any atom is -0.481 e. The molecule has 1 aromatic heterocycles. The number of amides is 2. The van der Waals surface area contributed by atoms with Gasteiger partial charge in [0.2, 0.25) is 11.8 Å². The molecule has 0 radical (unpaired) electrons. The van der Waals surface area contributed by atoms with E-state index in [9.17, 15) is 24.5 Å². The lowest BCUT2D eigenvalue weighted by atomic mass is 9.98. The largest absolute Gasteiger partial charge is 0.481 e. The predicted molar refractivity (Wildman–Crippen MR) is 129 cm³/mol. The molecule has 1 saturated carbocycles. The number of aromatic nitrogens is 2. The van der Waals surface area contributed by atoms with Crippen molar-refractivity contribution >= 4 is 23.5 Å². The van der Waals surface area contributed by atoms with Gasteiger partial charge in [-0.1, -0.05) is 37.8 Å². The van der Waals surface area contributed by atoms with Gasteiger partial charge in [-0.2, -0.15) is 0 Å². The van der Waals surface area contributed by atoms with Crippen molar-refractivity contribution in [1.29, 1.82) is 0 Å². The first kappa shape index (κ1) is 25.3. The molecule has 0 bridgehead atoms. The monoisotopic (exact) mass is 497 g/mol. The van der Waals surface area contributed by atoms with Gasteiger partial charge in [0.25, 0.3) is 5.69 Å². The van der Waals surface area contributed by atoms with Gasteiger partial charge in [0, 0.05) is 38.1 Å². The summed E-state index contributed by atoms with van der Waals surface area (Å²) in [7, 11) is 0. The molecule has 0 saturated heterocycles. The van der Waals surface area contributed by atoms with Crippen LogP contribution in [0.2, 0.25) is 0 Å². The van der Waals surface area contributed by atoms with Crippen LogP contribution in [-0.4, -0.2) is 54.9 Å². The summed E-state index contributed by atoms with van der Waals surface area (Å²) in [6.07, 6.45) is 7.56. The molecule has 192 valence electrons. The third-order valence-electron chi connectivity index (χ3n) is 7.12. The van der Waals surface area contributed by atoms with Gasteiger partial charge in [-0.05, 0) is 17.9 Å². The van der Waals surface area contributed by atoms with E-state index in [1.165, 1.54) is 25.0 Å². The first-order chi connectivity index (χ1) is 17.3. The predicted octanol–water partition coefficient (Wildman–Crippen LogP) is 2.65. The Hall–Kier alpha value is -3.76. The van der Waals surface area contributed by atoms with Gasteiger partial charge in [-0.3, -0.25) is 24.5 Å². The van der Waals surface area contributed by atoms with Gasteiger partial charge in [-0.15, -0.1) is 0 Å². The van der Waals surface area contributed by atoms with Crippen LogP contribution >= 0.6 is 0 Å². The zero-order valence-electron chi connectivity index (χ0n) is 20.1. The summed E-state index contributed by atoms with van der Waals surface area (Å²) >= 11 is 0. The van der Waals surface area contributed by atoms with Crippen LogP contribution in [0.4, 0.5) is 5.69 Å². The van der Waals surface area contributed by atoms with Crippen molar-refractivity contribution in [1.82, 2.24) is 19.8 Å². The number of nitrogens with one attached hydrogen (secondary N) is 1. The smallest absolute Gasteiger partial charge is 0.305 e. The number of carbonyl (C=O) groups excluding carboxylic acids is 2. The Morgan fingerprint density at radius 3 is 2.53 bits per heavy atom. The summed E-state index contributed by atoms with van der Waals surface area (Å²) in [6, 6.07) is 5.54. The molecule has 1 aromatic carbocycles. The van der Waals surface area contributed by atoms with E-state index in [1.54, 1.807) is 23.4 Å².